The maximum atomic E-state index is 11.3. The maximum Gasteiger partial charge on any atom is 0.296 e. The van der Waals surface area contributed by atoms with Gasteiger partial charge in [0.2, 0.25) is 0 Å². The van der Waals surface area contributed by atoms with Crippen LogP contribution in [0.3, 0.4) is 0 Å². The smallest absolute Gasteiger partial charge is 0.296 e. The Hall–Kier alpha value is -1.60. The molecule has 2 rings (SSSR count). The van der Waals surface area contributed by atoms with Gasteiger partial charge in [0.05, 0.1) is 0 Å². The number of ether oxygens (including phenoxy) is 1. The molecule has 0 radical (unpaired) electrons. The van der Waals surface area contributed by atoms with Crippen LogP contribution in [0.1, 0.15) is 12.7 Å². The molecule has 0 spiro atoms. The highest BCUT2D eigenvalue weighted by molar-refractivity contribution is 8.13. The van der Waals surface area contributed by atoms with Crippen molar-refractivity contribution in [2.45, 2.75) is 25.2 Å². The van der Waals surface area contributed by atoms with Gasteiger partial charge in [0.15, 0.2) is 5.82 Å². The van der Waals surface area contributed by atoms with Crippen molar-refractivity contribution in [2.24, 2.45) is 0 Å². The molecular formula is C11H12ClN3O3S. The first-order valence-electron chi connectivity index (χ1n) is 5.57. The topological polar surface area (TPSA) is 74.1 Å². The molecule has 0 N–H and O–H groups in total. The average molecular weight is 302 g/mol. The van der Waals surface area contributed by atoms with Gasteiger partial charge in [0.25, 0.3) is 14.2 Å². The van der Waals surface area contributed by atoms with Crippen molar-refractivity contribution >= 4 is 19.7 Å². The molecular weight excluding hydrogens is 290 g/mol. The van der Waals surface area contributed by atoms with E-state index in [2.05, 4.69) is 10.2 Å². The Labute approximate surface area is 115 Å². The molecule has 19 heavy (non-hydrogen) atoms. The maximum absolute atomic E-state index is 11.3. The van der Waals surface area contributed by atoms with E-state index < -0.39 is 9.05 Å². The largest absolute Gasteiger partial charge is 0.486 e. The minimum atomic E-state index is -3.90. The Balaban J connectivity index is 2.20. The summed E-state index contributed by atoms with van der Waals surface area (Å²) in [5.74, 6) is 1.08. The lowest BCUT2D eigenvalue weighted by Crippen LogP contribution is -2.10. The second-order valence-corrected chi connectivity index (χ2v) is 6.14. The fraction of sp³-hybridized carbons (Fsp3) is 0.273. The van der Waals surface area contributed by atoms with Gasteiger partial charge >= 0.3 is 0 Å². The molecule has 2 aromatic rings. The SMILES string of the molecule is CCn1c(COc2ccccc2)nnc1S(=O)(=O)Cl. The number of para-hydroxylation sites is 1. The second kappa shape index (κ2) is 5.58. The quantitative estimate of drug-likeness (QED) is 0.787. The minimum absolute atomic E-state index is 0.122. The molecule has 0 aliphatic rings. The van der Waals surface area contributed by atoms with E-state index in [0.29, 0.717) is 18.1 Å². The van der Waals surface area contributed by atoms with E-state index in [1.165, 1.54) is 4.57 Å². The van der Waals surface area contributed by atoms with Gasteiger partial charge in [0, 0.05) is 17.2 Å². The highest BCUT2D eigenvalue weighted by Gasteiger charge is 2.21. The molecule has 0 aliphatic heterocycles. The lowest BCUT2D eigenvalue weighted by molar-refractivity contribution is 0.288. The van der Waals surface area contributed by atoms with Crippen molar-refractivity contribution in [2.75, 3.05) is 0 Å². The van der Waals surface area contributed by atoms with Gasteiger partial charge in [-0.2, -0.15) is 0 Å². The summed E-state index contributed by atoms with van der Waals surface area (Å²) >= 11 is 0. The van der Waals surface area contributed by atoms with Crippen LogP contribution in [0.15, 0.2) is 35.5 Å². The van der Waals surface area contributed by atoms with Crippen LogP contribution in [0.2, 0.25) is 0 Å². The number of rotatable bonds is 5. The van der Waals surface area contributed by atoms with Crippen LogP contribution in [0.25, 0.3) is 0 Å². The van der Waals surface area contributed by atoms with Crippen molar-refractivity contribution in [3.8, 4) is 5.75 Å². The van der Waals surface area contributed by atoms with Crippen LogP contribution < -0.4 is 4.74 Å². The van der Waals surface area contributed by atoms with Gasteiger partial charge in [-0.15, -0.1) is 10.2 Å². The highest BCUT2D eigenvalue weighted by atomic mass is 35.7. The van der Waals surface area contributed by atoms with Gasteiger partial charge in [-0.1, -0.05) is 18.2 Å². The van der Waals surface area contributed by atoms with Gasteiger partial charge in [-0.05, 0) is 19.1 Å². The van der Waals surface area contributed by atoms with E-state index in [1.807, 2.05) is 18.2 Å². The number of nitrogens with zero attached hydrogens (tertiary/aromatic N) is 3. The van der Waals surface area contributed by atoms with Crippen LogP contribution >= 0.6 is 10.7 Å². The summed E-state index contributed by atoms with van der Waals surface area (Å²) in [7, 11) is 1.38. The van der Waals surface area contributed by atoms with E-state index >= 15 is 0 Å². The first-order valence-corrected chi connectivity index (χ1v) is 7.88. The lowest BCUT2D eigenvalue weighted by atomic mass is 10.3. The lowest BCUT2D eigenvalue weighted by Gasteiger charge is -2.07. The molecule has 0 saturated heterocycles. The van der Waals surface area contributed by atoms with Crippen molar-refractivity contribution in [1.29, 1.82) is 0 Å². The van der Waals surface area contributed by atoms with Crippen molar-refractivity contribution < 1.29 is 13.2 Å². The molecule has 0 unspecified atom stereocenters. The molecule has 0 atom stereocenters. The third-order valence-corrected chi connectivity index (χ3v) is 3.59. The summed E-state index contributed by atoms with van der Waals surface area (Å²) in [4.78, 5) is 0. The molecule has 6 nitrogen and oxygen atoms in total. The third kappa shape index (κ3) is 3.24. The fourth-order valence-corrected chi connectivity index (χ4v) is 2.57. The highest BCUT2D eigenvalue weighted by Crippen LogP contribution is 2.16. The number of hydrogen-bond acceptors (Lipinski definition) is 5. The van der Waals surface area contributed by atoms with Crippen LogP contribution in [0.5, 0.6) is 5.75 Å². The zero-order chi connectivity index (χ0) is 13.9. The molecule has 102 valence electrons. The predicted octanol–water partition coefficient (Wildman–Crippen LogP) is 1.80. The molecule has 0 saturated carbocycles. The van der Waals surface area contributed by atoms with Crippen LogP contribution in [0, 0.1) is 0 Å². The Morgan fingerprint density at radius 1 is 1.26 bits per heavy atom. The normalized spacial score (nSPS) is 11.5. The molecule has 0 bridgehead atoms. The Kier molecular flexibility index (Phi) is 4.06. The Bertz CT molecular complexity index is 655. The summed E-state index contributed by atoms with van der Waals surface area (Å²) in [6, 6.07) is 9.15. The summed E-state index contributed by atoms with van der Waals surface area (Å²) in [6.07, 6.45) is 0. The first-order chi connectivity index (χ1) is 9.02. The molecule has 1 heterocycles. The second-order valence-electron chi connectivity index (χ2n) is 3.68. The zero-order valence-corrected chi connectivity index (χ0v) is 11.7. The van der Waals surface area contributed by atoms with Crippen molar-refractivity contribution in [3.63, 3.8) is 0 Å². The Morgan fingerprint density at radius 3 is 2.53 bits per heavy atom. The molecule has 1 aromatic heterocycles. The van der Waals surface area contributed by atoms with E-state index in [9.17, 15) is 8.42 Å². The fourth-order valence-electron chi connectivity index (χ4n) is 1.59. The molecule has 0 fully saturated rings. The summed E-state index contributed by atoms with van der Waals surface area (Å²) < 4.78 is 29.5. The third-order valence-electron chi connectivity index (χ3n) is 2.44. The number of aromatic nitrogens is 3. The molecule has 8 heteroatoms. The summed E-state index contributed by atoms with van der Waals surface area (Å²) in [6.45, 7) is 2.29. The van der Waals surface area contributed by atoms with Crippen LogP contribution in [-0.2, 0) is 22.2 Å². The first kappa shape index (κ1) is 13.8. The summed E-state index contributed by atoms with van der Waals surface area (Å²) in [5.41, 5.74) is 0. The predicted molar refractivity (Wildman–Crippen MR) is 69.5 cm³/mol. The molecule has 1 aromatic carbocycles. The van der Waals surface area contributed by atoms with Gasteiger partial charge < -0.3 is 4.74 Å². The Morgan fingerprint density at radius 2 is 1.95 bits per heavy atom. The zero-order valence-electron chi connectivity index (χ0n) is 10.2. The molecule has 0 aliphatic carbocycles. The van der Waals surface area contributed by atoms with Crippen molar-refractivity contribution in [1.82, 2.24) is 14.8 Å². The van der Waals surface area contributed by atoms with Crippen LogP contribution in [0.4, 0.5) is 0 Å². The van der Waals surface area contributed by atoms with E-state index in [1.54, 1.807) is 19.1 Å². The van der Waals surface area contributed by atoms with Gasteiger partial charge in [-0.25, -0.2) is 8.42 Å². The minimum Gasteiger partial charge on any atom is -0.486 e. The number of benzene rings is 1. The van der Waals surface area contributed by atoms with E-state index in [0.717, 1.165) is 0 Å². The summed E-state index contributed by atoms with van der Waals surface area (Å²) in [5, 5.41) is 7.12. The van der Waals surface area contributed by atoms with Crippen LogP contribution in [-0.4, -0.2) is 23.2 Å². The average Bonchev–Trinajstić information content (AvgIpc) is 2.80. The van der Waals surface area contributed by atoms with E-state index in [-0.39, 0.29) is 11.8 Å². The van der Waals surface area contributed by atoms with Gasteiger partial charge in [-0.3, -0.25) is 4.57 Å². The van der Waals surface area contributed by atoms with Crippen molar-refractivity contribution in [3.05, 3.63) is 36.2 Å². The molecule has 0 amide bonds. The number of hydrogen-bond donors (Lipinski definition) is 0. The van der Waals surface area contributed by atoms with Gasteiger partial charge in [0.1, 0.15) is 12.4 Å². The number of halogens is 1. The standard InChI is InChI=1S/C11H12ClN3O3S/c1-2-15-10(13-14-11(15)19(12,16)17)8-18-9-6-4-3-5-7-9/h3-7H,2,8H2,1H3. The van der Waals surface area contributed by atoms with E-state index in [4.69, 9.17) is 15.4 Å². The monoisotopic (exact) mass is 301 g/mol.